The van der Waals surface area contributed by atoms with Crippen molar-refractivity contribution in [2.75, 3.05) is 14.2 Å². The minimum Gasteiger partial charge on any atom is -0.493 e. The van der Waals surface area contributed by atoms with Gasteiger partial charge < -0.3 is 14.2 Å². The van der Waals surface area contributed by atoms with Gasteiger partial charge in [0.15, 0.2) is 17.3 Å². The summed E-state index contributed by atoms with van der Waals surface area (Å²) in [4.78, 5) is 24.0. The fourth-order valence-electron chi connectivity index (χ4n) is 2.00. The van der Waals surface area contributed by atoms with E-state index < -0.39 is 5.97 Å². The third kappa shape index (κ3) is 3.09. The molecule has 0 aliphatic heterocycles. The van der Waals surface area contributed by atoms with Crippen molar-refractivity contribution in [1.82, 2.24) is 0 Å². The Morgan fingerprint density at radius 3 is 2.09 bits per heavy atom. The van der Waals surface area contributed by atoms with Crippen molar-refractivity contribution in [2.45, 2.75) is 6.92 Å². The van der Waals surface area contributed by atoms with E-state index in [1.807, 2.05) is 0 Å². The Morgan fingerprint density at radius 1 is 0.864 bits per heavy atom. The maximum absolute atomic E-state index is 12.2. The van der Waals surface area contributed by atoms with Crippen molar-refractivity contribution in [1.29, 1.82) is 0 Å². The highest BCUT2D eigenvalue weighted by molar-refractivity contribution is 6.00. The lowest BCUT2D eigenvalue weighted by Crippen LogP contribution is -2.12. The lowest BCUT2D eigenvalue weighted by atomic mass is 10.1. The molecule has 2 aromatic carbocycles. The number of Topliss-reactive ketones (excluding diaryl/α,β-unsaturated/α-hetero) is 1. The van der Waals surface area contributed by atoms with Crippen LogP contribution in [0.1, 0.15) is 27.6 Å². The third-order valence-corrected chi connectivity index (χ3v) is 3.08. The zero-order valence-electron chi connectivity index (χ0n) is 12.6. The molecule has 0 atom stereocenters. The molecule has 0 N–H and O–H groups in total. The minimum absolute atomic E-state index is 0.0585. The zero-order chi connectivity index (χ0) is 16.1. The van der Waals surface area contributed by atoms with E-state index in [0.717, 1.165) is 0 Å². The van der Waals surface area contributed by atoms with Gasteiger partial charge in [-0.15, -0.1) is 0 Å². The van der Waals surface area contributed by atoms with E-state index in [2.05, 4.69) is 0 Å². The summed E-state index contributed by atoms with van der Waals surface area (Å²) < 4.78 is 15.8. The fourth-order valence-corrected chi connectivity index (χ4v) is 2.00. The minimum atomic E-state index is -0.574. The van der Waals surface area contributed by atoms with E-state index in [9.17, 15) is 9.59 Å². The first-order valence-electron chi connectivity index (χ1n) is 6.61. The molecule has 114 valence electrons. The summed E-state index contributed by atoms with van der Waals surface area (Å²) in [6, 6.07) is 11.6. The molecule has 0 bridgehead atoms. The third-order valence-electron chi connectivity index (χ3n) is 3.08. The number of ketones is 1. The summed E-state index contributed by atoms with van der Waals surface area (Å²) in [7, 11) is 2.88. The first kappa shape index (κ1) is 15.6. The Labute approximate surface area is 128 Å². The van der Waals surface area contributed by atoms with Crippen LogP contribution in [0, 0.1) is 0 Å². The maximum atomic E-state index is 12.2. The second-order valence-electron chi connectivity index (χ2n) is 4.49. The van der Waals surface area contributed by atoms with Crippen LogP contribution in [0.5, 0.6) is 17.2 Å². The van der Waals surface area contributed by atoms with Gasteiger partial charge in [-0.1, -0.05) is 18.2 Å². The summed E-state index contributed by atoms with van der Waals surface area (Å²) in [5.41, 5.74) is 0.629. The average molecular weight is 300 g/mol. The first-order chi connectivity index (χ1) is 10.6. The van der Waals surface area contributed by atoms with Crippen LogP contribution in [0.4, 0.5) is 0 Å². The van der Waals surface area contributed by atoms with Gasteiger partial charge in [-0.25, -0.2) is 4.79 Å². The Balaban J connectivity index is 2.48. The number of rotatable bonds is 5. The molecule has 0 amide bonds. The molecule has 0 unspecified atom stereocenters. The molecule has 22 heavy (non-hydrogen) atoms. The van der Waals surface area contributed by atoms with Crippen molar-refractivity contribution in [3.05, 3.63) is 53.6 Å². The Morgan fingerprint density at radius 2 is 1.55 bits per heavy atom. The topological polar surface area (TPSA) is 61.8 Å². The molecule has 0 fully saturated rings. The van der Waals surface area contributed by atoms with Crippen LogP contribution in [0.2, 0.25) is 0 Å². The van der Waals surface area contributed by atoms with Crippen LogP contribution in [0.15, 0.2) is 42.5 Å². The van der Waals surface area contributed by atoms with E-state index in [1.165, 1.54) is 27.2 Å². The van der Waals surface area contributed by atoms with E-state index in [4.69, 9.17) is 14.2 Å². The monoisotopic (exact) mass is 300 g/mol. The summed E-state index contributed by atoms with van der Waals surface area (Å²) in [6.07, 6.45) is 0. The van der Waals surface area contributed by atoms with Crippen LogP contribution < -0.4 is 14.2 Å². The van der Waals surface area contributed by atoms with Crippen LogP contribution in [0.3, 0.4) is 0 Å². The molecule has 2 aromatic rings. The lowest BCUT2D eigenvalue weighted by molar-refractivity contribution is 0.0727. The predicted molar refractivity (Wildman–Crippen MR) is 81.0 cm³/mol. The molecule has 0 aliphatic carbocycles. The van der Waals surface area contributed by atoms with E-state index in [1.54, 1.807) is 36.4 Å². The number of methoxy groups -OCH3 is 2. The molecule has 0 radical (unpaired) electrons. The van der Waals surface area contributed by atoms with E-state index in [0.29, 0.717) is 11.3 Å². The summed E-state index contributed by atoms with van der Waals surface area (Å²) in [5.74, 6) is -0.169. The molecule has 5 heteroatoms. The lowest BCUT2D eigenvalue weighted by Gasteiger charge is -2.15. The van der Waals surface area contributed by atoms with Crippen LogP contribution in [0.25, 0.3) is 0 Å². The van der Waals surface area contributed by atoms with Gasteiger partial charge in [0.05, 0.1) is 25.3 Å². The quantitative estimate of drug-likeness (QED) is 0.482. The SMILES string of the molecule is COc1ccc(C(C)=O)c(OC(=O)c2ccccc2)c1OC. The zero-order valence-corrected chi connectivity index (χ0v) is 12.6. The normalized spacial score (nSPS) is 9.95. The molecule has 5 nitrogen and oxygen atoms in total. The van der Waals surface area contributed by atoms with Crippen LogP contribution >= 0.6 is 0 Å². The highest BCUT2D eigenvalue weighted by Gasteiger charge is 2.22. The smallest absolute Gasteiger partial charge is 0.343 e. The van der Waals surface area contributed by atoms with Gasteiger partial charge in [-0.2, -0.15) is 0 Å². The number of hydrogen-bond donors (Lipinski definition) is 0. The molecule has 0 heterocycles. The average Bonchev–Trinajstić information content (AvgIpc) is 2.54. The fraction of sp³-hybridized carbons (Fsp3) is 0.176. The summed E-state index contributed by atoms with van der Waals surface area (Å²) >= 11 is 0. The highest BCUT2D eigenvalue weighted by Crippen LogP contribution is 2.40. The van der Waals surface area contributed by atoms with Gasteiger partial charge >= 0.3 is 5.97 Å². The molecule has 0 spiro atoms. The van der Waals surface area contributed by atoms with Crippen molar-refractivity contribution >= 4 is 11.8 Å². The van der Waals surface area contributed by atoms with Gasteiger partial charge in [-0.3, -0.25) is 4.79 Å². The standard InChI is InChI=1S/C17H16O5/c1-11(18)13-9-10-14(20-2)16(21-3)15(13)22-17(19)12-7-5-4-6-8-12/h4-10H,1-3H3. The van der Waals surface area contributed by atoms with Crippen molar-refractivity contribution in [3.63, 3.8) is 0 Å². The van der Waals surface area contributed by atoms with Crippen molar-refractivity contribution < 1.29 is 23.8 Å². The maximum Gasteiger partial charge on any atom is 0.343 e. The molecular weight excluding hydrogens is 284 g/mol. The Hall–Kier alpha value is -2.82. The number of carbonyl (C=O) groups excluding carboxylic acids is 2. The molecule has 2 rings (SSSR count). The molecule has 0 saturated carbocycles. The van der Waals surface area contributed by atoms with Gasteiger partial charge in [0.1, 0.15) is 0 Å². The molecule has 0 aromatic heterocycles. The van der Waals surface area contributed by atoms with Gasteiger partial charge in [-0.05, 0) is 31.2 Å². The summed E-state index contributed by atoms with van der Waals surface area (Å²) in [5, 5.41) is 0. The van der Waals surface area contributed by atoms with Gasteiger partial charge in [0.2, 0.25) is 5.75 Å². The van der Waals surface area contributed by atoms with E-state index >= 15 is 0 Å². The second kappa shape index (κ2) is 6.76. The highest BCUT2D eigenvalue weighted by atomic mass is 16.6. The van der Waals surface area contributed by atoms with Crippen molar-refractivity contribution in [2.24, 2.45) is 0 Å². The molecular formula is C17H16O5. The predicted octanol–water partition coefficient (Wildman–Crippen LogP) is 3.13. The Kier molecular flexibility index (Phi) is 4.78. The van der Waals surface area contributed by atoms with Crippen LogP contribution in [-0.4, -0.2) is 26.0 Å². The number of hydrogen-bond acceptors (Lipinski definition) is 5. The Bertz CT molecular complexity index is 692. The van der Waals surface area contributed by atoms with Crippen LogP contribution in [-0.2, 0) is 0 Å². The van der Waals surface area contributed by atoms with Gasteiger partial charge in [0.25, 0.3) is 0 Å². The number of carbonyl (C=O) groups is 2. The largest absolute Gasteiger partial charge is 0.493 e. The van der Waals surface area contributed by atoms with E-state index in [-0.39, 0.29) is 22.8 Å². The first-order valence-corrected chi connectivity index (χ1v) is 6.61. The van der Waals surface area contributed by atoms with Gasteiger partial charge in [0, 0.05) is 0 Å². The second-order valence-corrected chi connectivity index (χ2v) is 4.49. The molecule has 0 saturated heterocycles. The summed E-state index contributed by atoms with van der Waals surface area (Å²) in [6.45, 7) is 1.39. The number of benzene rings is 2. The number of esters is 1. The van der Waals surface area contributed by atoms with Crippen molar-refractivity contribution in [3.8, 4) is 17.2 Å². The number of ether oxygens (including phenoxy) is 3. The molecule has 0 aliphatic rings.